The van der Waals surface area contributed by atoms with Crippen LogP contribution in [-0.4, -0.2) is 25.1 Å². The van der Waals surface area contributed by atoms with Gasteiger partial charge in [0.15, 0.2) is 11.6 Å². The molecule has 6 heteroatoms. The smallest absolute Gasteiger partial charge is 0.177 e. The van der Waals surface area contributed by atoms with E-state index in [1.165, 1.54) is 0 Å². The number of rotatable bonds is 2. The van der Waals surface area contributed by atoms with Gasteiger partial charge in [-0.05, 0) is 0 Å². The molecular weight excluding hydrogens is 136 g/mol. The summed E-state index contributed by atoms with van der Waals surface area (Å²) in [4.78, 5) is 0. The van der Waals surface area contributed by atoms with E-state index in [0.717, 1.165) is 4.68 Å². The van der Waals surface area contributed by atoms with Gasteiger partial charge in [-0.2, -0.15) is 0 Å². The lowest BCUT2D eigenvalue weighted by Gasteiger charge is -1.96. The van der Waals surface area contributed by atoms with Crippen LogP contribution in [0.2, 0.25) is 0 Å². The zero-order valence-corrected chi connectivity index (χ0v) is 5.23. The molecule has 0 unspecified atom stereocenters. The van der Waals surface area contributed by atoms with Gasteiger partial charge in [0.2, 0.25) is 0 Å². The third-order valence-electron chi connectivity index (χ3n) is 1.12. The molecule has 0 atom stereocenters. The van der Waals surface area contributed by atoms with Crippen LogP contribution in [0.5, 0.6) is 0 Å². The summed E-state index contributed by atoms with van der Waals surface area (Å²) < 4.78 is 1.06. The molecule has 6 nitrogen and oxygen atoms in total. The second kappa shape index (κ2) is 2.63. The zero-order valence-electron chi connectivity index (χ0n) is 5.23. The van der Waals surface area contributed by atoms with E-state index in [-0.39, 0.29) is 24.9 Å². The van der Waals surface area contributed by atoms with Crippen LogP contribution in [0.3, 0.4) is 0 Å². The van der Waals surface area contributed by atoms with E-state index >= 15 is 0 Å². The van der Waals surface area contributed by atoms with Crippen LogP contribution in [0, 0.1) is 0 Å². The van der Waals surface area contributed by atoms with Crippen LogP contribution in [0.25, 0.3) is 0 Å². The van der Waals surface area contributed by atoms with Gasteiger partial charge < -0.3 is 16.1 Å². The zero-order chi connectivity index (χ0) is 7.56. The van der Waals surface area contributed by atoms with Gasteiger partial charge in [0, 0.05) is 0 Å². The summed E-state index contributed by atoms with van der Waals surface area (Å²) in [7, 11) is 0. The first kappa shape index (κ1) is 6.97. The number of hydrogen-bond donors (Lipinski definition) is 3. The van der Waals surface area contributed by atoms with E-state index in [1.54, 1.807) is 0 Å². The van der Waals surface area contributed by atoms with Gasteiger partial charge in [0.05, 0.1) is 0 Å². The number of nitrogen functional groups attached to an aromatic ring is 1. The molecule has 56 valence electrons. The Labute approximate surface area is 56.9 Å². The Balaban J connectivity index is 2.97. The first-order chi connectivity index (χ1) is 4.79. The van der Waals surface area contributed by atoms with Crippen molar-refractivity contribution in [3.8, 4) is 0 Å². The summed E-state index contributed by atoms with van der Waals surface area (Å²) in [6.07, 6.45) is 0. The fourth-order valence-electron chi connectivity index (χ4n) is 0.576. The molecule has 0 amide bonds. The van der Waals surface area contributed by atoms with Crippen molar-refractivity contribution in [3.05, 3.63) is 11.6 Å². The SMILES string of the molecule is Nn1c(CO)nnc1CO. The minimum Gasteiger partial charge on any atom is -0.388 e. The maximum absolute atomic E-state index is 8.54. The van der Waals surface area contributed by atoms with Gasteiger partial charge in [-0.15, -0.1) is 10.2 Å². The maximum Gasteiger partial charge on any atom is 0.177 e. The minimum absolute atomic E-state index is 0.240. The molecule has 0 bridgehead atoms. The predicted octanol–water partition coefficient (Wildman–Crippen LogP) is -2.02. The molecular formula is C4H8N4O2. The lowest BCUT2D eigenvalue weighted by molar-refractivity contribution is 0.258. The highest BCUT2D eigenvalue weighted by Crippen LogP contribution is 1.94. The highest BCUT2D eigenvalue weighted by Gasteiger charge is 2.05. The largest absolute Gasteiger partial charge is 0.388 e. The number of aromatic nitrogens is 3. The number of aliphatic hydroxyl groups is 2. The van der Waals surface area contributed by atoms with E-state index in [0.29, 0.717) is 0 Å². The quantitative estimate of drug-likeness (QED) is 0.416. The number of nitrogens with two attached hydrogens (primary N) is 1. The van der Waals surface area contributed by atoms with E-state index in [9.17, 15) is 0 Å². The van der Waals surface area contributed by atoms with Crippen molar-refractivity contribution in [1.29, 1.82) is 0 Å². The summed E-state index contributed by atoms with van der Waals surface area (Å²) in [6.45, 7) is -0.549. The van der Waals surface area contributed by atoms with Crippen LogP contribution in [0.1, 0.15) is 11.6 Å². The van der Waals surface area contributed by atoms with Crippen molar-refractivity contribution in [2.45, 2.75) is 13.2 Å². The normalized spacial score (nSPS) is 10.2. The molecule has 0 saturated carbocycles. The molecule has 10 heavy (non-hydrogen) atoms. The minimum atomic E-state index is -0.274. The van der Waals surface area contributed by atoms with Gasteiger partial charge in [-0.25, -0.2) is 4.68 Å². The third kappa shape index (κ3) is 0.937. The van der Waals surface area contributed by atoms with Gasteiger partial charge in [-0.3, -0.25) is 0 Å². The molecule has 0 saturated heterocycles. The molecule has 0 aliphatic heterocycles. The maximum atomic E-state index is 8.54. The van der Waals surface area contributed by atoms with Crippen molar-refractivity contribution in [2.24, 2.45) is 0 Å². The molecule has 1 aromatic rings. The molecule has 0 aliphatic rings. The van der Waals surface area contributed by atoms with Crippen LogP contribution < -0.4 is 5.84 Å². The van der Waals surface area contributed by atoms with Crippen LogP contribution in [0.15, 0.2) is 0 Å². The van der Waals surface area contributed by atoms with E-state index in [2.05, 4.69) is 10.2 Å². The molecule has 0 aromatic carbocycles. The second-order valence-electron chi connectivity index (χ2n) is 1.72. The summed E-state index contributed by atoms with van der Waals surface area (Å²) in [5.41, 5.74) is 0. The third-order valence-corrected chi connectivity index (χ3v) is 1.12. The Morgan fingerprint density at radius 1 is 1.20 bits per heavy atom. The average Bonchev–Trinajstić information content (AvgIpc) is 2.30. The summed E-state index contributed by atoms with van der Waals surface area (Å²) in [6, 6.07) is 0. The molecule has 1 rings (SSSR count). The van der Waals surface area contributed by atoms with Crippen molar-refractivity contribution in [2.75, 3.05) is 5.84 Å². The fourth-order valence-corrected chi connectivity index (χ4v) is 0.576. The van der Waals surface area contributed by atoms with Gasteiger partial charge in [0.25, 0.3) is 0 Å². The molecule has 4 N–H and O–H groups in total. The lowest BCUT2D eigenvalue weighted by Crippen LogP contribution is -2.16. The summed E-state index contributed by atoms with van der Waals surface area (Å²) >= 11 is 0. The van der Waals surface area contributed by atoms with E-state index in [1.807, 2.05) is 0 Å². The summed E-state index contributed by atoms with van der Waals surface area (Å²) in [5, 5.41) is 24.1. The van der Waals surface area contributed by atoms with E-state index < -0.39 is 0 Å². The summed E-state index contributed by atoms with van der Waals surface area (Å²) in [5.74, 6) is 5.78. The molecule has 0 fully saturated rings. The topological polar surface area (TPSA) is 97.2 Å². The molecule has 0 aliphatic carbocycles. The molecule has 1 heterocycles. The molecule has 0 radical (unpaired) electrons. The Morgan fingerprint density at radius 3 is 1.80 bits per heavy atom. The van der Waals surface area contributed by atoms with Crippen LogP contribution in [0.4, 0.5) is 0 Å². The van der Waals surface area contributed by atoms with Gasteiger partial charge in [0.1, 0.15) is 13.2 Å². The van der Waals surface area contributed by atoms with Crippen molar-refractivity contribution < 1.29 is 10.2 Å². The molecule has 1 aromatic heterocycles. The van der Waals surface area contributed by atoms with Gasteiger partial charge >= 0.3 is 0 Å². The Kier molecular flexibility index (Phi) is 1.83. The number of hydrogen-bond acceptors (Lipinski definition) is 5. The Hall–Kier alpha value is -1.14. The second-order valence-corrected chi connectivity index (χ2v) is 1.72. The lowest BCUT2D eigenvalue weighted by atomic mass is 10.6. The number of aliphatic hydroxyl groups excluding tert-OH is 2. The van der Waals surface area contributed by atoms with Crippen molar-refractivity contribution >= 4 is 0 Å². The number of nitrogens with zero attached hydrogens (tertiary/aromatic N) is 3. The highest BCUT2D eigenvalue weighted by molar-refractivity contribution is 4.92. The van der Waals surface area contributed by atoms with Crippen LogP contribution >= 0.6 is 0 Å². The first-order valence-electron chi connectivity index (χ1n) is 2.69. The molecule has 0 spiro atoms. The predicted molar refractivity (Wildman–Crippen MR) is 32.0 cm³/mol. The fraction of sp³-hybridized carbons (Fsp3) is 0.500. The Morgan fingerprint density at radius 2 is 1.60 bits per heavy atom. The van der Waals surface area contributed by atoms with Crippen LogP contribution in [-0.2, 0) is 13.2 Å². The standard InChI is InChI=1S/C4H8N4O2/c5-8-3(1-9)6-7-4(8)2-10/h9-10H,1-2,5H2. The highest BCUT2D eigenvalue weighted by atomic mass is 16.3. The Bertz CT molecular complexity index is 200. The first-order valence-corrected chi connectivity index (χ1v) is 2.69. The van der Waals surface area contributed by atoms with E-state index in [4.69, 9.17) is 16.1 Å². The van der Waals surface area contributed by atoms with Gasteiger partial charge in [-0.1, -0.05) is 0 Å². The average molecular weight is 144 g/mol. The van der Waals surface area contributed by atoms with Crippen molar-refractivity contribution in [1.82, 2.24) is 14.9 Å². The van der Waals surface area contributed by atoms with Crippen molar-refractivity contribution in [3.63, 3.8) is 0 Å². The monoisotopic (exact) mass is 144 g/mol.